The maximum atomic E-state index is 14.5. The maximum absolute atomic E-state index is 14.5. The van der Waals surface area contributed by atoms with Crippen molar-refractivity contribution in [1.29, 1.82) is 0 Å². The number of hydrogen-bond acceptors (Lipinski definition) is 14. The third-order valence-corrected chi connectivity index (χ3v) is 11.9. The van der Waals surface area contributed by atoms with Gasteiger partial charge in [-0.25, -0.2) is 23.7 Å². The molecular formula is C56H68F2N12O4S. The Morgan fingerprint density at radius 3 is 1.71 bits per heavy atom. The van der Waals surface area contributed by atoms with Crippen LogP contribution in [0.1, 0.15) is 78.4 Å². The Labute approximate surface area is 443 Å². The Morgan fingerprint density at radius 2 is 1.20 bits per heavy atom. The fourth-order valence-electron chi connectivity index (χ4n) is 7.35. The average molecular weight is 1040 g/mol. The van der Waals surface area contributed by atoms with Gasteiger partial charge in [-0.1, -0.05) is 67.5 Å². The normalized spacial score (nSPS) is 10.8. The number of isothiocyanates is 1. The number of likely N-dealkylation sites (N-methyl/N-ethyl adjacent to an activating group) is 2. The van der Waals surface area contributed by atoms with Crippen LogP contribution in [0.5, 0.6) is 23.0 Å². The number of halogens is 2. The number of ether oxygens (including phenoxy) is 2. The highest BCUT2D eigenvalue weighted by Gasteiger charge is 2.15. The highest BCUT2D eigenvalue weighted by atomic mass is 32.1. The summed E-state index contributed by atoms with van der Waals surface area (Å²) in [4.78, 5) is 45.1. The van der Waals surface area contributed by atoms with Crippen molar-refractivity contribution in [3.63, 3.8) is 0 Å². The lowest BCUT2D eigenvalue weighted by molar-refractivity contribution is -0.118. The van der Waals surface area contributed by atoms with E-state index in [9.17, 15) is 18.4 Å². The second-order valence-electron chi connectivity index (χ2n) is 17.7. The van der Waals surface area contributed by atoms with E-state index in [0.29, 0.717) is 76.5 Å². The number of nitrogen functional groups attached to an aromatic ring is 1. The Balaban J connectivity index is 0.000000235. The minimum Gasteiger partial charge on any atom is -0.457 e. The number of aryl methyl sites for hydroxylation is 1. The number of carbonyl (C=O) groups excluding carboxylic acids is 2. The third-order valence-electron chi connectivity index (χ3n) is 11.8. The van der Waals surface area contributed by atoms with Crippen molar-refractivity contribution in [1.82, 2.24) is 29.3 Å². The van der Waals surface area contributed by atoms with Crippen molar-refractivity contribution in [3.8, 4) is 23.0 Å². The van der Waals surface area contributed by atoms with Crippen molar-refractivity contribution in [3.05, 3.63) is 132 Å². The lowest BCUT2D eigenvalue weighted by Crippen LogP contribution is -2.33. The van der Waals surface area contributed by atoms with Gasteiger partial charge in [0.05, 0.1) is 46.3 Å². The van der Waals surface area contributed by atoms with Crippen molar-refractivity contribution in [2.45, 2.75) is 67.2 Å². The van der Waals surface area contributed by atoms with Crippen LogP contribution in [0.2, 0.25) is 0 Å². The van der Waals surface area contributed by atoms with E-state index in [1.54, 1.807) is 60.9 Å². The molecular weight excluding hydrogens is 975 g/mol. The number of aromatic nitrogens is 4. The molecule has 0 spiro atoms. The smallest absolute Gasteiger partial charge is 0.239 e. The number of nitrogens with zero attached hydrogens (tertiary/aromatic N) is 7. The zero-order chi connectivity index (χ0) is 54.6. The number of aliphatic imine (C=N–C) groups is 1. The molecule has 0 atom stereocenters. The number of nitrogens with two attached hydrogens (primary N) is 1. The molecule has 0 aliphatic carbocycles. The molecule has 0 radical (unpaired) electrons. The minimum absolute atomic E-state index is 0.101. The van der Waals surface area contributed by atoms with Crippen LogP contribution in [-0.4, -0.2) is 92.6 Å². The molecule has 0 aliphatic heterocycles. The Morgan fingerprint density at radius 1 is 0.693 bits per heavy atom. The van der Waals surface area contributed by atoms with E-state index in [2.05, 4.69) is 72.4 Å². The Hall–Kier alpha value is -7.83. The molecule has 0 unspecified atom stereocenters. The van der Waals surface area contributed by atoms with Gasteiger partial charge in [-0.2, -0.15) is 4.99 Å². The summed E-state index contributed by atoms with van der Waals surface area (Å²) in [7, 11) is 3.68. The van der Waals surface area contributed by atoms with E-state index < -0.39 is 0 Å². The molecule has 0 bridgehead atoms. The number of pyridine rings is 2. The molecule has 396 valence electrons. The van der Waals surface area contributed by atoms with Gasteiger partial charge in [0.15, 0.2) is 0 Å². The maximum Gasteiger partial charge on any atom is 0.239 e. The summed E-state index contributed by atoms with van der Waals surface area (Å²) in [5, 5.41) is 13.9. The first-order valence-corrected chi connectivity index (χ1v) is 25.2. The molecule has 0 saturated heterocycles. The number of imidazole rings is 1. The fourth-order valence-corrected chi connectivity index (χ4v) is 7.45. The van der Waals surface area contributed by atoms with Crippen molar-refractivity contribution in [2.75, 3.05) is 73.3 Å². The summed E-state index contributed by atoms with van der Waals surface area (Å²) in [6.45, 7) is 20.2. The van der Waals surface area contributed by atoms with Gasteiger partial charge in [0.25, 0.3) is 0 Å². The molecule has 3 aromatic heterocycles. The first-order chi connectivity index (χ1) is 36.0. The van der Waals surface area contributed by atoms with E-state index >= 15 is 0 Å². The monoisotopic (exact) mass is 1040 g/mol. The first-order valence-electron chi connectivity index (χ1n) is 24.8. The molecule has 7 aromatic rings. The highest BCUT2D eigenvalue weighted by Crippen LogP contribution is 2.32. The molecule has 0 saturated carbocycles. The second kappa shape index (κ2) is 28.6. The number of amides is 2. The van der Waals surface area contributed by atoms with Gasteiger partial charge >= 0.3 is 0 Å². The summed E-state index contributed by atoms with van der Waals surface area (Å²) in [5.41, 5.74) is 11.7. The van der Waals surface area contributed by atoms with Crippen LogP contribution in [-0.2, 0) is 16.6 Å². The van der Waals surface area contributed by atoms with Crippen LogP contribution in [0.4, 0.5) is 49.1 Å². The molecule has 19 heteroatoms. The number of benzene rings is 4. The van der Waals surface area contributed by atoms with Gasteiger partial charge in [0, 0.05) is 50.8 Å². The van der Waals surface area contributed by atoms with Crippen molar-refractivity contribution >= 4 is 80.6 Å². The topological polar surface area (TPSA) is 189 Å². The lowest BCUT2D eigenvalue weighted by Gasteiger charge is -2.17. The summed E-state index contributed by atoms with van der Waals surface area (Å²) in [6.07, 6.45) is 3.18. The largest absolute Gasteiger partial charge is 0.457 e. The lowest BCUT2D eigenvalue weighted by atomic mass is 10.0. The number of thiocarbonyl (C=S) groups is 1. The van der Waals surface area contributed by atoms with Crippen LogP contribution in [0, 0.1) is 11.6 Å². The number of nitrogens with one attached hydrogen (secondary N) is 4. The average Bonchev–Trinajstić information content (AvgIpc) is 3.69. The van der Waals surface area contributed by atoms with Gasteiger partial charge in [-0.3, -0.25) is 19.4 Å². The number of fused-ring (bicyclic) bond motifs is 1. The van der Waals surface area contributed by atoms with Crippen LogP contribution >= 0.6 is 12.2 Å². The summed E-state index contributed by atoms with van der Waals surface area (Å²) in [5.74, 6) is 3.42. The van der Waals surface area contributed by atoms with E-state index in [-0.39, 0.29) is 35.1 Å². The molecule has 0 fully saturated rings. The third kappa shape index (κ3) is 17.4. The fraction of sp³-hybridized carbons (Fsp3) is 0.321. The van der Waals surface area contributed by atoms with Gasteiger partial charge in [-0.15, -0.1) is 0 Å². The standard InChI is InChI=1S/C28H33FN6O2.C18H25N5O2.C10H10FNS/c1-6-35(7-2)17-27(36)33-26-16-21(12-13-30-26)37-20-9-11-25-24(15-20)32-28(34(25)5)31-23-14-19(18(3)4)8-10-22(23)29;1-4-23(5-2)12-18(24)22-17-11-14(8-9-21-17)25-13-6-7-16(20-3)15(19)10-13;1-7(2)8-3-4-9(11)10(5-8)12-6-13/h8-16,18H,6-7,17H2,1-5H3,(H,31,32)(H,30,33,36);6-11,20H,4-5,12,19H2,1-3H3,(H,21,22,24);3-5,7H,1-2H3. The number of carbonyl (C=O) groups is 2. The summed E-state index contributed by atoms with van der Waals surface area (Å²) < 4.78 is 41.2. The van der Waals surface area contributed by atoms with E-state index in [1.165, 1.54) is 12.1 Å². The Kier molecular flexibility index (Phi) is 22.1. The predicted molar refractivity (Wildman–Crippen MR) is 302 cm³/mol. The minimum atomic E-state index is -0.359. The van der Waals surface area contributed by atoms with Crippen LogP contribution in [0.3, 0.4) is 0 Å². The quantitative estimate of drug-likeness (QED) is 0.0276. The van der Waals surface area contributed by atoms with Crippen LogP contribution in [0.15, 0.2) is 114 Å². The predicted octanol–water partition coefficient (Wildman–Crippen LogP) is 12.5. The molecule has 2 amide bonds. The summed E-state index contributed by atoms with van der Waals surface area (Å²) >= 11 is 4.42. The first kappa shape index (κ1) is 58.1. The molecule has 7 rings (SSSR count). The van der Waals surface area contributed by atoms with Crippen LogP contribution < -0.4 is 36.5 Å². The Bertz CT molecular complexity index is 3060. The van der Waals surface area contributed by atoms with Crippen molar-refractivity contribution in [2.24, 2.45) is 12.0 Å². The molecule has 4 aromatic carbocycles. The number of anilines is 6. The molecule has 0 aliphatic rings. The molecule has 16 nitrogen and oxygen atoms in total. The molecule has 75 heavy (non-hydrogen) atoms. The van der Waals surface area contributed by atoms with Gasteiger partial charge < -0.3 is 41.0 Å². The van der Waals surface area contributed by atoms with Gasteiger partial charge in [-0.05, 0) is 122 Å². The van der Waals surface area contributed by atoms with Gasteiger partial charge in [0.2, 0.25) is 17.8 Å². The van der Waals surface area contributed by atoms with E-state index in [1.807, 2.05) is 106 Å². The number of rotatable bonds is 20. The zero-order valence-corrected chi connectivity index (χ0v) is 45.1. The van der Waals surface area contributed by atoms with E-state index in [4.69, 9.17) is 15.2 Å². The second-order valence-corrected chi connectivity index (χ2v) is 17.9. The number of hydrogen-bond donors (Lipinski definition) is 5. The zero-order valence-electron chi connectivity index (χ0n) is 44.3. The van der Waals surface area contributed by atoms with Gasteiger partial charge in [0.1, 0.15) is 52.0 Å². The molecule has 6 N–H and O–H groups in total. The van der Waals surface area contributed by atoms with E-state index in [0.717, 1.165) is 48.5 Å². The highest BCUT2D eigenvalue weighted by molar-refractivity contribution is 7.78. The summed E-state index contributed by atoms with van der Waals surface area (Å²) in [6, 6.07) is 27.7. The SMILES string of the molecule is CC(C)c1ccc(F)c(N=C=S)c1.CCN(CC)CC(=O)Nc1cc(Oc2ccc(NC)c(N)c2)ccn1.CCN(CC)CC(=O)Nc1cc(Oc2ccc3c(c2)nc(Nc2cc(C(C)C)ccc2F)n3C)ccn1. The van der Waals surface area contributed by atoms with Crippen LogP contribution in [0.25, 0.3) is 11.0 Å². The molecule has 3 heterocycles. The van der Waals surface area contributed by atoms with Crippen molar-refractivity contribution < 1.29 is 27.8 Å².